The molecule has 0 radical (unpaired) electrons. The van der Waals surface area contributed by atoms with Crippen molar-refractivity contribution in [3.63, 3.8) is 0 Å². The molecule has 1 aromatic rings. The molecule has 0 spiro atoms. The molecule has 160 valence electrons. The highest BCUT2D eigenvalue weighted by Gasteiger charge is 2.25. The van der Waals surface area contributed by atoms with Gasteiger partial charge in [0.15, 0.2) is 0 Å². The van der Waals surface area contributed by atoms with Crippen LogP contribution >= 0.6 is 11.8 Å². The molecule has 3 rings (SSSR count). The second-order valence-electron chi connectivity index (χ2n) is 7.78. The van der Waals surface area contributed by atoms with Crippen LogP contribution < -0.4 is 10.2 Å². The molecule has 29 heavy (non-hydrogen) atoms. The lowest BCUT2D eigenvalue weighted by atomic mass is 9.95. The molecule has 1 atom stereocenters. The van der Waals surface area contributed by atoms with E-state index >= 15 is 0 Å². The van der Waals surface area contributed by atoms with E-state index in [2.05, 4.69) is 17.1 Å². The van der Waals surface area contributed by atoms with E-state index in [1.54, 1.807) is 11.8 Å². The summed E-state index contributed by atoms with van der Waals surface area (Å²) in [5, 5.41) is 13.0. The van der Waals surface area contributed by atoms with Crippen LogP contribution in [0.3, 0.4) is 0 Å². The van der Waals surface area contributed by atoms with Crippen LogP contribution in [0.15, 0.2) is 17.2 Å². The highest BCUT2D eigenvalue weighted by molar-refractivity contribution is 7.99. The van der Waals surface area contributed by atoms with E-state index in [0.29, 0.717) is 25.3 Å². The first kappa shape index (κ1) is 21.9. The van der Waals surface area contributed by atoms with Gasteiger partial charge < -0.3 is 20.1 Å². The van der Waals surface area contributed by atoms with E-state index in [1.807, 2.05) is 12.1 Å². The number of rotatable bonds is 8. The van der Waals surface area contributed by atoms with Crippen LogP contribution in [0.5, 0.6) is 0 Å². The lowest BCUT2D eigenvalue weighted by molar-refractivity contribution is -0.138. The Hall–Kier alpha value is -1.80. The number of nitrogens with one attached hydrogen (secondary N) is 1. The van der Waals surface area contributed by atoms with Crippen molar-refractivity contribution >= 4 is 29.5 Å². The number of carboxylic acid groups (broad SMARTS) is 1. The number of piperidine rings is 1. The maximum Gasteiger partial charge on any atom is 0.303 e. The predicted octanol–water partition coefficient (Wildman–Crippen LogP) is 3.18. The van der Waals surface area contributed by atoms with Crippen LogP contribution in [0.2, 0.25) is 0 Å². The number of anilines is 1. The number of ether oxygens (including phenoxy) is 1. The highest BCUT2D eigenvalue weighted by Crippen LogP contribution is 2.28. The van der Waals surface area contributed by atoms with Gasteiger partial charge in [0.1, 0.15) is 10.8 Å². The maximum atomic E-state index is 12.9. The van der Waals surface area contributed by atoms with Crippen molar-refractivity contribution < 1.29 is 19.4 Å². The summed E-state index contributed by atoms with van der Waals surface area (Å²) in [5.74, 6) is 1.06. The summed E-state index contributed by atoms with van der Waals surface area (Å²) in [6, 6.07) is 3.92. The minimum atomic E-state index is -0.746. The lowest BCUT2D eigenvalue weighted by Gasteiger charge is -2.33. The van der Waals surface area contributed by atoms with Gasteiger partial charge in [-0.3, -0.25) is 9.59 Å². The Morgan fingerprint density at radius 1 is 1.31 bits per heavy atom. The van der Waals surface area contributed by atoms with E-state index in [0.717, 1.165) is 55.2 Å². The second-order valence-corrected chi connectivity index (χ2v) is 8.87. The quantitative estimate of drug-likeness (QED) is 0.623. The zero-order chi connectivity index (χ0) is 20.6. The summed E-state index contributed by atoms with van der Waals surface area (Å²) in [4.78, 5) is 30.9. The number of amides is 1. The average molecular weight is 422 g/mol. The minimum absolute atomic E-state index is 0.0723. The molecule has 0 aromatic carbocycles. The van der Waals surface area contributed by atoms with Crippen LogP contribution in [0, 0.1) is 5.92 Å². The van der Waals surface area contributed by atoms with Crippen molar-refractivity contribution in [3.8, 4) is 0 Å². The standard InChI is InChI=1S/C21H31N3O4S/c1-2-12-29-21-17(20(27)22-16-7-10-28-11-8-16)5-6-18(23-21)24-9-3-4-15(14-24)13-19(25)26/h5-6,15-16H,2-4,7-14H2,1H3,(H,22,27)(H,25,26)/t15-/m0/s1. The molecule has 2 aliphatic heterocycles. The van der Waals surface area contributed by atoms with E-state index in [4.69, 9.17) is 14.8 Å². The summed E-state index contributed by atoms with van der Waals surface area (Å²) in [5.41, 5.74) is 0.623. The van der Waals surface area contributed by atoms with Gasteiger partial charge in [-0.25, -0.2) is 4.98 Å². The van der Waals surface area contributed by atoms with Crippen molar-refractivity contribution in [3.05, 3.63) is 17.7 Å². The number of carbonyl (C=O) groups excluding carboxylic acids is 1. The maximum absolute atomic E-state index is 12.9. The number of hydrogen-bond donors (Lipinski definition) is 2. The molecule has 0 unspecified atom stereocenters. The monoisotopic (exact) mass is 421 g/mol. The fraction of sp³-hybridized carbons (Fsp3) is 0.667. The van der Waals surface area contributed by atoms with Crippen LogP contribution in [0.1, 0.15) is 55.8 Å². The van der Waals surface area contributed by atoms with E-state index in [9.17, 15) is 9.59 Å². The van der Waals surface area contributed by atoms with Crippen molar-refractivity contribution in [2.75, 3.05) is 37.0 Å². The number of thioether (sulfide) groups is 1. The third-order valence-electron chi connectivity index (χ3n) is 5.40. The molecular formula is C21H31N3O4S. The van der Waals surface area contributed by atoms with Crippen molar-refractivity contribution in [2.45, 2.75) is 56.5 Å². The summed E-state index contributed by atoms with van der Waals surface area (Å²) >= 11 is 1.61. The third kappa shape index (κ3) is 6.34. The molecule has 2 fully saturated rings. The van der Waals surface area contributed by atoms with Gasteiger partial charge in [-0.1, -0.05) is 6.92 Å². The van der Waals surface area contributed by atoms with Crippen LogP contribution in [-0.4, -0.2) is 60.1 Å². The zero-order valence-electron chi connectivity index (χ0n) is 17.1. The molecule has 2 aliphatic rings. The smallest absolute Gasteiger partial charge is 0.303 e. The topological polar surface area (TPSA) is 91.8 Å². The summed E-state index contributed by atoms with van der Waals surface area (Å²) < 4.78 is 5.37. The van der Waals surface area contributed by atoms with Crippen LogP contribution in [0.4, 0.5) is 5.82 Å². The van der Waals surface area contributed by atoms with Crippen molar-refractivity contribution in [1.82, 2.24) is 10.3 Å². The Balaban J connectivity index is 1.74. The molecule has 1 amide bonds. The Morgan fingerprint density at radius 2 is 2.10 bits per heavy atom. The first-order chi connectivity index (χ1) is 14.1. The van der Waals surface area contributed by atoms with Gasteiger partial charge >= 0.3 is 5.97 Å². The number of aromatic nitrogens is 1. The van der Waals surface area contributed by atoms with E-state index < -0.39 is 5.97 Å². The van der Waals surface area contributed by atoms with Gasteiger partial charge in [-0.05, 0) is 55.9 Å². The number of aliphatic carboxylic acids is 1. The molecule has 0 aliphatic carbocycles. The van der Waals surface area contributed by atoms with Crippen LogP contribution in [-0.2, 0) is 9.53 Å². The Bertz CT molecular complexity index is 709. The molecule has 0 bridgehead atoms. The normalized spacial score (nSPS) is 20.4. The van der Waals surface area contributed by atoms with Crippen molar-refractivity contribution in [1.29, 1.82) is 0 Å². The molecule has 2 N–H and O–H groups in total. The van der Waals surface area contributed by atoms with Gasteiger partial charge in [0, 0.05) is 38.8 Å². The molecular weight excluding hydrogens is 390 g/mol. The number of carbonyl (C=O) groups is 2. The second kappa shape index (κ2) is 10.8. The van der Waals surface area contributed by atoms with Crippen molar-refractivity contribution in [2.24, 2.45) is 5.92 Å². The van der Waals surface area contributed by atoms with E-state index in [1.165, 1.54) is 0 Å². The van der Waals surface area contributed by atoms with Gasteiger partial charge in [0.2, 0.25) is 0 Å². The number of carboxylic acids is 1. The largest absolute Gasteiger partial charge is 0.481 e. The fourth-order valence-electron chi connectivity index (χ4n) is 3.88. The van der Waals surface area contributed by atoms with Crippen LogP contribution in [0.25, 0.3) is 0 Å². The predicted molar refractivity (Wildman–Crippen MR) is 114 cm³/mol. The average Bonchev–Trinajstić information content (AvgIpc) is 2.72. The third-order valence-corrected chi connectivity index (χ3v) is 6.59. The van der Waals surface area contributed by atoms with Gasteiger partial charge in [-0.2, -0.15) is 0 Å². The molecule has 1 aromatic heterocycles. The SMILES string of the molecule is CCCSc1nc(N2CCC[C@@H](CC(=O)O)C2)ccc1C(=O)NC1CCOCC1. The first-order valence-corrected chi connectivity index (χ1v) is 11.5. The highest BCUT2D eigenvalue weighted by atomic mass is 32.2. The number of nitrogens with zero attached hydrogens (tertiary/aromatic N) is 2. The number of hydrogen-bond acceptors (Lipinski definition) is 6. The molecule has 0 saturated carbocycles. The van der Waals surface area contributed by atoms with E-state index in [-0.39, 0.29) is 24.3 Å². The summed E-state index contributed by atoms with van der Waals surface area (Å²) in [6.07, 6.45) is 4.78. The fourth-order valence-corrected chi connectivity index (χ4v) is 4.75. The van der Waals surface area contributed by atoms with Gasteiger partial charge in [-0.15, -0.1) is 11.8 Å². The zero-order valence-corrected chi connectivity index (χ0v) is 17.9. The Kier molecular flexibility index (Phi) is 8.18. The Labute approximate surface area is 176 Å². The molecule has 8 heteroatoms. The minimum Gasteiger partial charge on any atom is -0.481 e. The Morgan fingerprint density at radius 3 is 2.83 bits per heavy atom. The lowest BCUT2D eigenvalue weighted by Crippen LogP contribution is -2.39. The molecule has 7 nitrogen and oxygen atoms in total. The van der Waals surface area contributed by atoms with Gasteiger partial charge in [0.05, 0.1) is 5.56 Å². The first-order valence-electron chi connectivity index (χ1n) is 10.6. The summed E-state index contributed by atoms with van der Waals surface area (Å²) in [6.45, 7) is 5.05. The summed E-state index contributed by atoms with van der Waals surface area (Å²) in [7, 11) is 0. The molecule has 2 saturated heterocycles. The van der Waals surface area contributed by atoms with Gasteiger partial charge in [0.25, 0.3) is 5.91 Å². The molecule has 3 heterocycles. The number of pyridine rings is 1.